The summed E-state index contributed by atoms with van der Waals surface area (Å²) in [7, 11) is 0. The standard InChI is InChI=1S/C27H34F2N2/c1-3-17-31(18-15-21-8-6-5-7-9-21)24(4-2)14-16-27(20-30,22-10-11-22)23-12-13-25(28)26(29)19-23/h5-9,12-13,19,22,24H,3-4,10-11,14-18H2,1-2H3. The number of nitriles is 1. The largest absolute Gasteiger partial charge is 0.300 e. The fraction of sp³-hybridized carbons (Fsp3) is 0.519. The van der Waals surface area contributed by atoms with Crippen LogP contribution in [0.3, 0.4) is 0 Å². The third-order valence-electron chi connectivity index (χ3n) is 6.81. The van der Waals surface area contributed by atoms with Crippen LogP contribution < -0.4 is 0 Å². The summed E-state index contributed by atoms with van der Waals surface area (Å²) in [5.74, 6) is -1.48. The van der Waals surface area contributed by atoms with E-state index in [9.17, 15) is 14.0 Å². The van der Waals surface area contributed by atoms with Crippen LogP contribution in [-0.2, 0) is 11.8 Å². The molecule has 0 amide bonds. The molecule has 1 aliphatic carbocycles. The molecule has 3 rings (SSSR count). The Bertz CT molecular complexity index is 873. The van der Waals surface area contributed by atoms with Gasteiger partial charge in [-0.3, -0.25) is 0 Å². The lowest BCUT2D eigenvalue weighted by atomic mass is 9.73. The fourth-order valence-electron chi connectivity index (χ4n) is 4.87. The Hall–Kier alpha value is -2.25. The lowest BCUT2D eigenvalue weighted by Crippen LogP contribution is -2.39. The second kappa shape index (κ2) is 10.9. The van der Waals surface area contributed by atoms with Crippen molar-refractivity contribution in [2.24, 2.45) is 5.92 Å². The summed E-state index contributed by atoms with van der Waals surface area (Å²) in [5.41, 5.74) is 1.25. The predicted molar refractivity (Wildman–Crippen MR) is 122 cm³/mol. The molecule has 2 unspecified atom stereocenters. The van der Waals surface area contributed by atoms with Gasteiger partial charge in [0, 0.05) is 12.6 Å². The van der Waals surface area contributed by atoms with Crippen molar-refractivity contribution in [2.75, 3.05) is 13.1 Å². The molecule has 2 aromatic carbocycles. The lowest BCUT2D eigenvalue weighted by molar-refractivity contribution is 0.172. The van der Waals surface area contributed by atoms with Gasteiger partial charge < -0.3 is 4.90 Å². The maximum atomic E-state index is 14.0. The highest BCUT2D eigenvalue weighted by Gasteiger charge is 2.47. The average Bonchev–Trinajstić information content (AvgIpc) is 3.64. The van der Waals surface area contributed by atoms with Gasteiger partial charge in [0.25, 0.3) is 0 Å². The predicted octanol–water partition coefficient (Wildman–Crippen LogP) is 6.65. The molecule has 2 atom stereocenters. The zero-order valence-electron chi connectivity index (χ0n) is 18.8. The topological polar surface area (TPSA) is 27.0 Å². The van der Waals surface area contributed by atoms with Crippen molar-refractivity contribution in [1.82, 2.24) is 4.90 Å². The highest BCUT2D eigenvalue weighted by molar-refractivity contribution is 5.36. The molecule has 2 nitrogen and oxygen atoms in total. The molecule has 0 aliphatic heterocycles. The highest BCUT2D eigenvalue weighted by atomic mass is 19.2. The molecule has 0 aromatic heterocycles. The maximum Gasteiger partial charge on any atom is 0.159 e. The molecule has 31 heavy (non-hydrogen) atoms. The molecule has 0 spiro atoms. The lowest BCUT2D eigenvalue weighted by Gasteiger charge is -2.34. The van der Waals surface area contributed by atoms with Crippen molar-refractivity contribution in [3.05, 3.63) is 71.3 Å². The van der Waals surface area contributed by atoms with Gasteiger partial charge in [-0.15, -0.1) is 0 Å². The van der Waals surface area contributed by atoms with E-state index in [-0.39, 0.29) is 5.92 Å². The molecule has 1 aliphatic rings. The molecule has 4 heteroatoms. The highest BCUT2D eigenvalue weighted by Crippen LogP contribution is 2.50. The minimum absolute atomic E-state index is 0.240. The average molecular weight is 425 g/mol. The van der Waals surface area contributed by atoms with Crippen molar-refractivity contribution >= 4 is 0 Å². The van der Waals surface area contributed by atoms with Gasteiger partial charge >= 0.3 is 0 Å². The Kier molecular flexibility index (Phi) is 8.21. The molecular weight excluding hydrogens is 390 g/mol. The minimum Gasteiger partial charge on any atom is -0.300 e. The van der Waals surface area contributed by atoms with Crippen molar-refractivity contribution in [2.45, 2.75) is 70.3 Å². The van der Waals surface area contributed by atoms with Crippen molar-refractivity contribution < 1.29 is 8.78 Å². The first-order valence-corrected chi connectivity index (χ1v) is 11.7. The van der Waals surface area contributed by atoms with E-state index in [0.717, 1.165) is 51.6 Å². The van der Waals surface area contributed by atoms with Crippen LogP contribution in [0, 0.1) is 28.9 Å². The second-order valence-corrected chi connectivity index (χ2v) is 8.86. The summed E-state index contributed by atoms with van der Waals surface area (Å²) in [6.45, 7) is 6.43. The van der Waals surface area contributed by atoms with Crippen LogP contribution in [0.5, 0.6) is 0 Å². The van der Waals surface area contributed by atoms with Crippen LogP contribution in [0.25, 0.3) is 0 Å². The molecule has 0 heterocycles. The number of nitrogens with zero attached hydrogens (tertiary/aromatic N) is 2. The molecule has 0 saturated heterocycles. The Balaban J connectivity index is 1.74. The zero-order valence-corrected chi connectivity index (χ0v) is 18.8. The summed E-state index contributed by atoms with van der Waals surface area (Å²) < 4.78 is 27.5. The zero-order chi connectivity index (χ0) is 22.3. The molecular formula is C27H34F2N2. The van der Waals surface area contributed by atoms with E-state index in [4.69, 9.17) is 0 Å². The Morgan fingerprint density at radius 1 is 1.06 bits per heavy atom. The smallest absolute Gasteiger partial charge is 0.159 e. The first-order valence-electron chi connectivity index (χ1n) is 11.7. The molecule has 0 radical (unpaired) electrons. The molecule has 1 fully saturated rings. The van der Waals surface area contributed by atoms with Crippen LogP contribution in [0.2, 0.25) is 0 Å². The summed E-state index contributed by atoms with van der Waals surface area (Å²) in [5, 5.41) is 10.2. The number of halogens is 2. The number of hydrogen-bond acceptors (Lipinski definition) is 2. The summed E-state index contributed by atoms with van der Waals surface area (Å²) in [4.78, 5) is 2.55. The summed E-state index contributed by atoms with van der Waals surface area (Å²) in [6.07, 6.45) is 6.63. The Labute approximate surface area is 185 Å². The van der Waals surface area contributed by atoms with Crippen molar-refractivity contribution in [1.29, 1.82) is 5.26 Å². The molecule has 166 valence electrons. The van der Waals surface area contributed by atoms with Crippen molar-refractivity contribution in [3.8, 4) is 6.07 Å². The van der Waals surface area contributed by atoms with Crippen LogP contribution in [0.15, 0.2) is 48.5 Å². The quantitative estimate of drug-likeness (QED) is 0.381. The van der Waals surface area contributed by atoms with Gasteiger partial charge in [-0.25, -0.2) is 8.78 Å². The third-order valence-corrected chi connectivity index (χ3v) is 6.81. The molecule has 0 N–H and O–H groups in total. The first-order chi connectivity index (χ1) is 15.0. The van der Waals surface area contributed by atoms with Crippen LogP contribution in [0.1, 0.15) is 63.5 Å². The SMILES string of the molecule is CCCN(CCc1ccccc1)C(CC)CCC(C#N)(c1ccc(F)c(F)c1)C1CC1. The Morgan fingerprint density at radius 3 is 2.39 bits per heavy atom. The molecule has 0 bridgehead atoms. The fourth-order valence-corrected chi connectivity index (χ4v) is 4.87. The van der Waals surface area contributed by atoms with Crippen LogP contribution in [-0.4, -0.2) is 24.0 Å². The van der Waals surface area contributed by atoms with Gasteiger partial charge in [0.15, 0.2) is 11.6 Å². The van der Waals surface area contributed by atoms with Gasteiger partial charge in [0.1, 0.15) is 0 Å². The van der Waals surface area contributed by atoms with E-state index in [2.05, 4.69) is 49.1 Å². The number of benzene rings is 2. The van der Waals surface area contributed by atoms with E-state index in [1.807, 2.05) is 6.07 Å². The summed E-state index contributed by atoms with van der Waals surface area (Å²) in [6, 6.07) is 17.5. The van der Waals surface area contributed by atoms with Crippen molar-refractivity contribution in [3.63, 3.8) is 0 Å². The van der Waals surface area contributed by atoms with E-state index in [1.54, 1.807) is 6.07 Å². The first kappa shape index (κ1) is 23.4. The van der Waals surface area contributed by atoms with Crippen LogP contribution in [0.4, 0.5) is 8.78 Å². The van der Waals surface area contributed by atoms with Crippen LogP contribution >= 0.6 is 0 Å². The normalized spacial score (nSPS) is 16.6. The third kappa shape index (κ3) is 5.71. The monoisotopic (exact) mass is 424 g/mol. The number of hydrogen-bond donors (Lipinski definition) is 0. The minimum atomic E-state index is -0.861. The van der Waals surface area contributed by atoms with E-state index in [1.165, 1.54) is 17.7 Å². The summed E-state index contributed by atoms with van der Waals surface area (Å²) >= 11 is 0. The van der Waals surface area contributed by atoms with Gasteiger partial charge in [-0.05, 0) is 80.7 Å². The number of rotatable bonds is 12. The second-order valence-electron chi connectivity index (χ2n) is 8.86. The molecule has 1 saturated carbocycles. The van der Waals surface area contributed by atoms with E-state index in [0.29, 0.717) is 18.0 Å². The van der Waals surface area contributed by atoms with Gasteiger partial charge in [-0.2, -0.15) is 5.26 Å². The van der Waals surface area contributed by atoms with Gasteiger partial charge in [0.05, 0.1) is 11.5 Å². The van der Waals surface area contributed by atoms with E-state index >= 15 is 0 Å². The Morgan fingerprint density at radius 2 is 1.81 bits per heavy atom. The van der Waals surface area contributed by atoms with Gasteiger partial charge in [-0.1, -0.05) is 50.2 Å². The van der Waals surface area contributed by atoms with E-state index < -0.39 is 17.0 Å². The molecule has 2 aromatic rings. The maximum absolute atomic E-state index is 14.0. The van der Waals surface area contributed by atoms with Gasteiger partial charge in [0.2, 0.25) is 0 Å².